The first-order valence-electron chi connectivity index (χ1n) is 9.35. The second kappa shape index (κ2) is 8.43. The number of hydrogen-bond donors (Lipinski definition) is 0. The minimum Gasteiger partial charge on any atom is -0.491 e. The smallest absolute Gasteiger partial charge is 0.332 e. The Balaban J connectivity index is 1.55. The standard InChI is InChI=1S/C20H26N4O4/c1-15(25)16-6-4-5-7-17(16)28-13-12-23-8-10-24(11-9-23)18-14-19(26)22(3)20(27)21(18)2/h4-7,14H,8-13H2,1-3H3. The van der Waals surface area contributed by atoms with Gasteiger partial charge in [-0.25, -0.2) is 4.79 Å². The van der Waals surface area contributed by atoms with Crippen molar-refractivity contribution in [3.63, 3.8) is 0 Å². The molecule has 0 bridgehead atoms. The van der Waals surface area contributed by atoms with Crippen LogP contribution in [0.15, 0.2) is 39.9 Å². The van der Waals surface area contributed by atoms with Crippen molar-refractivity contribution in [3.8, 4) is 5.75 Å². The van der Waals surface area contributed by atoms with Crippen LogP contribution in [0, 0.1) is 0 Å². The SMILES string of the molecule is CC(=O)c1ccccc1OCCN1CCN(c2cc(=O)n(C)c(=O)n2C)CC1. The first-order chi connectivity index (χ1) is 13.4. The molecular formula is C20H26N4O4. The number of rotatable bonds is 6. The van der Waals surface area contributed by atoms with Crippen LogP contribution in [0.1, 0.15) is 17.3 Å². The minimum atomic E-state index is -0.317. The van der Waals surface area contributed by atoms with Crippen molar-refractivity contribution >= 4 is 11.6 Å². The van der Waals surface area contributed by atoms with E-state index in [1.165, 1.54) is 24.6 Å². The van der Waals surface area contributed by atoms with Gasteiger partial charge in [-0.15, -0.1) is 0 Å². The zero-order valence-corrected chi connectivity index (χ0v) is 16.6. The van der Waals surface area contributed by atoms with E-state index >= 15 is 0 Å². The molecule has 1 aliphatic rings. The molecule has 28 heavy (non-hydrogen) atoms. The highest BCUT2D eigenvalue weighted by Crippen LogP contribution is 2.18. The van der Waals surface area contributed by atoms with Crippen LogP contribution in [-0.4, -0.2) is 59.1 Å². The van der Waals surface area contributed by atoms with Gasteiger partial charge in [-0.3, -0.25) is 23.6 Å². The van der Waals surface area contributed by atoms with Gasteiger partial charge < -0.3 is 9.64 Å². The normalized spacial score (nSPS) is 14.9. The predicted octanol–water partition coefficient (Wildman–Crippen LogP) is 0.488. The van der Waals surface area contributed by atoms with Gasteiger partial charge in [-0.2, -0.15) is 0 Å². The Morgan fingerprint density at radius 1 is 1.04 bits per heavy atom. The summed E-state index contributed by atoms with van der Waals surface area (Å²) in [6.45, 7) is 5.84. The Labute approximate surface area is 163 Å². The Morgan fingerprint density at radius 3 is 2.39 bits per heavy atom. The van der Waals surface area contributed by atoms with Crippen LogP contribution >= 0.6 is 0 Å². The van der Waals surface area contributed by atoms with Crippen LogP contribution in [0.4, 0.5) is 5.82 Å². The number of nitrogens with zero attached hydrogens (tertiary/aromatic N) is 4. The highest BCUT2D eigenvalue weighted by molar-refractivity contribution is 5.96. The third-order valence-corrected chi connectivity index (χ3v) is 5.13. The van der Waals surface area contributed by atoms with E-state index in [9.17, 15) is 14.4 Å². The van der Waals surface area contributed by atoms with Crippen LogP contribution in [0.2, 0.25) is 0 Å². The van der Waals surface area contributed by atoms with E-state index in [2.05, 4.69) is 9.80 Å². The Morgan fingerprint density at radius 2 is 1.71 bits per heavy atom. The number of ether oxygens (including phenoxy) is 1. The molecule has 8 heteroatoms. The van der Waals surface area contributed by atoms with Crippen LogP contribution in [0.25, 0.3) is 0 Å². The molecule has 0 unspecified atom stereocenters. The van der Waals surface area contributed by atoms with Gasteiger partial charge in [0.15, 0.2) is 5.78 Å². The number of carbonyl (C=O) groups excluding carboxylic acids is 1. The van der Waals surface area contributed by atoms with Crippen molar-refractivity contribution in [3.05, 3.63) is 56.7 Å². The van der Waals surface area contributed by atoms with E-state index in [0.717, 1.165) is 37.3 Å². The summed E-state index contributed by atoms with van der Waals surface area (Å²) in [5.41, 5.74) is -0.0144. The summed E-state index contributed by atoms with van der Waals surface area (Å²) in [6, 6.07) is 8.77. The predicted molar refractivity (Wildman–Crippen MR) is 108 cm³/mol. The Kier molecular flexibility index (Phi) is 5.99. The van der Waals surface area contributed by atoms with E-state index in [-0.39, 0.29) is 17.0 Å². The fraction of sp³-hybridized carbons (Fsp3) is 0.450. The molecule has 2 heterocycles. The van der Waals surface area contributed by atoms with Crippen molar-refractivity contribution in [2.45, 2.75) is 6.92 Å². The maximum Gasteiger partial charge on any atom is 0.332 e. The highest BCUT2D eigenvalue weighted by Gasteiger charge is 2.20. The third kappa shape index (κ3) is 4.17. The van der Waals surface area contributed by atoms with Crippen molar-refractivity contribution in [1.29, 1.82) is 0 Å². The summed E-state index contributed by atoms with van der Waals surface area (Å²) in [5.74, 6) is 1.26. The largest absolute Gasteiger partial charge is 0.491 e. The monoisotopic (exact) mass is 386 g/mol. The first kappa shape index (κ1) is 19.9. The van der Waals surface area contributed by atoms with Gasteiger partial charge in [-0.1, -0.05) is 12.1 Å². The lowest BCUT2D eigenvalue weighted by Crippen LogP contribution is -2.50. The number of hydrogen-bond acceptors (Lipinski definition) is 6. The first-order valence-corrected chi connectivity index (χ1v) is 9.35. The molecule has 1 saturated heterocycles. The summed E-state index contributed by atoms with van der Waals surface area (Å²) in [5, 5.41) is 0. The summed E-state index contributed by atoms with van der Waals surface area (Å²) in [4.78, 5) is 40.0. The van der Waals surface area contributed by atoms with Crippen molar-refractivity contribution in [1.82, 2.24) is 14.0 Å². The van der Waals surface area contributed by atoms with Gasteiger partial charge in [0.2, 0.25) is 0 Å². The molecular weight excluding hydrogens is 360 g/mol. The van der Waals surface area contributed by atoms with Crippen molar-refractivity contribution in [2.75, 3.05) is 44.2 Å². The zero-order chi connectivity index (χ0) is 20.3. The maximum absolute atomic E-state index is 12.1. The average Bonchev–Trinajstić information content (AvgIpc) is 2.70. The second-order valence-electron chi connectivity index (χ2n) is 6.97. The molecule has 0 N–H and O–H groups in total. The van der Waals surface area contributed by atoms with Gasteiger partial charge >= 0.3 is 5.69 Å². The van der Waals surface area contributed by atoms with E-state index in [1.54, 1.807) is 13.1 Å². The average molecular weight is 386 g/mol. The number of aromatic nitrogens is 2. The maximum atomic E-state index is 12.1. The minimum absolute atomic E-state index is 0.0103. The summed E-state index contributed by atoms with van der Waals surface area (Å²) in [7, 11) is 3.17. The van der Waals surface area contributed by atoms with E-state index in [0.29, 0.717) is 23.7 Å². The molecule has 0 saturated carbocycles. The van der Waals surface area contributed by atoms with Crippen molar-refractivity contribution in [2.24, 2.45) is 14.1 Å². The Hall–Kier alpha value is -2.87. The van der Waals surface area contributed by atoms with Crippen LogP contribution in [0.3, 0.4) is 0 Å². The lowest BCUT2D eigenvalue weighted by molar-refractivity contribution is 0.101. The molecule has 2 aromatic rings. The number of benzene rings is 1. The van der Waals surface area contributed by atoms with E-state index in [4.69, 9.17) is 4.74 Å². The highest BCUT2D eigenvalue weighted by atomic mass is 16.5. The quantitative estimate of drug-likeness (QED) is 0.673. The molecule has 0 aliphatic carbocycles. The molecule has 8 nitrogen and oxygen atoms in total. The molecule has 3 rings (SSSR count). The topological polar surface area (TPSA) is 76.8 Å². The molecule has 0 spiro atoms. The summed E-state index contributed by atoms with van der Waals surface area (Å²) in [6.07, 6.45) is 0. The number of piperazine rings is 1. The van der Waals surface area contributed by atoms with E-state index < -0.39 is 0 Å². The number of carbonyl (C=O) groups is 1. The number of Topliss-reactive ketones (excluding diaryl/α,β-unsaturated/α-hetero) is 1. The second-order valence-corrected chi connectivity index (χ2v) is 6.97. The van der Waals surface area contributed by atoms with Gasteiger partial charge in [-0.05, 0) is 19.1 Å². The van der Waals surface area contributed by atoms with Gasteiger partial charge in [0, 0.05) is 52.9 Å². The van der Waals surface area contributed by atoms with Crippen molar-refractivity contribution < 1.29 is 9.53 Å². The fourth-order valence-electron chi connectivity index (χ4n) is 3.39. The van der Waals surface area contributed by atoms with Gasteiger partial charge in [0.25, 0.3) is 5.56 Å². The molecule has 1 fully saturated rings. The zero-order valence-electron chi connectivity index (χ0n) is 16.6. The molecule has 1 aromatic carbocycles. The van der Waals surface area contributed by atoms with Crippen LogP contribution in [-0.2, 0) is 14.1 Å². The van der Waals surface area contributed by atoms with Crippen LogP contribution in [0.5, 0.6) is 5.75 Å². The number of anilines is 1. The fourth-order valence-corrected chi connectivity index (χ4v) is 3.39. The lowest BCUT2D eigenvalue weighted by Gasteiger charge is -2.36. The molecule has 1 aromatic heterocycles. The molecule has 0 atom stereocenters. The van der Waals surface area contributed by atoms with E-state index in [1.807, 2.05) is 18.2 Å². The summed E-state index contributed by atoms with van der Waals surface area (Å²) < 4.78 is 8.43. The third-order valence-electron chi connectivity index (χ3n) is 5.13. The Bertz CT molecular complexity index is 971. The number of ketones is 1. The van der Waals surface area contributed by atoms with Crippen LogP contribution < -0.4 is 20.9 Å². The number of para-hydroxylation sites is 1. The molecule has 0 amide bonds. The van der Waals surface area contributed by atoms with Gasteiger partial charge in [0.1, 0.15) is 18.2 Å². The molecule has 1 aliphatic heterocycles. The molecule has 150 valence electrons. The lowest BCUT2D eigenvalue weighted by atomic mass is 10.1. The molecule has 0 radical (unpaired) electrons. The van der Waals surface area contributed by atoms with Gasteiger partial charge in [0.05, 0.1) is 5.56 Å². The summed E-state index contributed by atoms with van der Waals surface area (Å²) >= 11 is 0.